The summed E-state index contributed by atoms with van der Waals surface area (Å²) in [6, 6.07) is 4.50. The number of hydrogen-bond donors (Lipinski definition) is 1. The van der Waals surface area contributed by atoms with E-state index in [4.69, 9.17) is 9.52 Å². The van der Waals surface area contributed by atoms with Crippen LogP contribution < -0.4 is 0 Å². The van der Waals surface area contributed by atoms with Gasteiger partial charge in [0.15, 0.2) is 0 Å². The molecule has 0 unspecified atom stereocenters. The first-order chi connectivity index (χ1) is 9.49. The molecule has 0 aliphatic carbocycles. The van der Waals surface area contributed by atoms with Crippen molar-refractivity contribution in [2.45, 2.75) is 6.92 Å². The molecule has 8 heteroatoms. The molecule has 0 atom stereocenters. The third-order valence-electron chi connectivity index (χ3n) is 2.54. The van der Waals surface area contributed by atoms with E-state index in [2.05, 4.69) is 10.2 Å². The molecule has 1 aromatic heterocycles. The number of nitro groups is 1. The number of carboxylic acids is 1. The Morgan fingerprint density at radius 1 is 1.45 bits per heavy atom. The van der Waals surface area contributed by atoms with E-state index in [-0.39, 0.29) is 17.5 Å². The highest BCUT2D eigenvalue weighted by atomic mass is 16.6. The van der Waals surface area contributed by atoms with Crippen molar-refractivity contribution in [3.05, 3.63) is 45.8 Å². The van der Waals surface area contributed by atoms with Gasteiger partial charge in [0, 0.05) is 29.3 Å². The lowest BCUT2D eigenvalue weighted by Crippen LogP contribution is -1.93. The molecule has 102 valence electrons. The minimum atomic E-state index is -1.14. The third-order valence-corrected chi connectivity index (χ3v) is 2.54. The predicted molar refractivity (Wildman–Crippen MR) is 67.8 cm³/mol. The Bertz CT molecular complexity index is 705. The van der Waals surface area contributed by atoms with Crippen LogP contribution in [0.4, 0.5) is 5.69 Å². The molecule has 0 spiro atoms. The van der Waals surface area contributed by atoms with Crippen LogP contribution in [0.15, 0.2) is 28.7 Å². The van der Waals surface area contributed by atoms with E-state index in [1.54, 1.807) is 13.0 Å². The zero-order valence-corrected chi connectivity index (χ0v) is 10.3. The lowest BCUT2D eigenvalue weighted by molar-refractivity contribution is -0.385. The van der Waals surface area contributed by atoms with E-state index in [0.717, 1.165) is 12.2 Å². The summed E-state index contributed by atoms with van der Waals surface area (Å²) in [4.78, 5) is 20.7. The van der Waals surface area contributed by atoms with Crippen LogP contribution in [0.3, 0.4) is 0 Å². The second-order valence-corrected chi connectivity index (χ2v) is 3.82. The van der Waals surface area contributed by atoms with Crippen LogP contribution in [0.5, 0.6) is 0 Å². The maximum Gasteiger partial charge on any atom is 0.328 e. The third kappa shape index (κ3) is 2.69. The Balaban J connectivity index is 2.40. The van der Waals surface area contributed by atoms with Crippen molar-refractivity contribution in [1.82, 2.24) is 10.2 Å². The average Bonchev–Trinajstić information content (AvgIpc) is 2.85. The van der Waals surface area contributed by atoms with Crippen LogP contribution in [-0.2, 0) is 4.79 Å². The Hall–Kier alpha value is -3.03. The van der Waals surface area contributed by atoms with Gasteiger partial charge >= 0.3 is 5.97 Å². The molecule has 0 fully saturated rings. The number of hydrogen-bond acceptors (Lipinski definition) is 6. The SMILES string of the molecule is Cc1c(-c2nnc(/C=C/C(=O)O)o2)cccc1[N+](=O)[O-]. The summed E-state index contributed by atoms with van der Waals surface area (Å²) in [6.07, 6.45) is 2.00. The maximum atomic E-state index is 10.9. The van der Waals surface area contributed by atoms with E-state index >= 15 is 0 Å². The second kappa shape index (κ2) is 5.31. The molecule has 0 saturated carbocycles. The van der Waals surface area contributed by atoms with E-state index in [1.807, 2.05) is 0 Å². The van der Waals surface area contributed by atoms with Gasteiger partial charge in [-0.1, -0.05) is 6.07 Å². The van der Waals surface area contributed by atoms with Crippen molar-refractivity contribution < 1.29 is 19.2 Å². The average molecular weight is 275 g/mol. The number of aromatic nitrogens is 2. The van der Waals surface area contributed by atoms with Gasteiger partial charge in [0.05, 0.1) is 4.92 Å². The van der Waals surface area contributed by atoms with E-state index in [9.17, 15) is 14.9 Å². The van der Waals surface area contributed by atoms with Crippen LogP contribution >= 0.6 is 0 Å². The van der Waals surface area contributed by atoms with Gasteiger partial charge in [0.1, 0.15) is 0 Å². The van der Waals surface area contributed by atoms with Crippen LogP contribution in [0.25, 0.3) is 17.5 Å². The summed E-state index contributed by atoms with van der Waals surface area (Å²) in [5.74, 6) is -1.04. The van der Waals surface area contributed by atoms with Gasteiger partial charge in [0.25, 0.3) is 5.69 Å². The lowest BCUT2D eigenvalue weighted by atomic mass is 10.1. The molecule has 1 N–H and O–H groups in total. The highest BCUT2D eigenvalue weighted by molar-refractivity contribution is 5.84. The van der Waals surface area contributed by atoms with Gasteiger partial charge in [-0.3, -0.25) is 10.1 Å². The molecule has 0 amide bonds. The van der Waals surface area contributed by atoms with Crippen molar-refractivity contribution in [2.75, 3.05) is 0 Å². The predicted octanol–water partition coefficient (Wildman–Crippen LogP) is 2.05. The molecule has 0 saturated heterocycles. The Morgan fingerprint density at radius 2 is 2.20 bits per heavy atom. The fraction of sp³-hybridized carbons (Fsp3) is 0.0833. The normalized spacial score (nSPS) is 10.8. The molecule has 2 rings (SSSR count). The highest BCUT2D eigenvalue weighted by Crippen LogP contribution is 2.28. The molecule has 0 aliphatic heterocycles. The molecule has 8 nitrogen and oxygen atoms in total. The number of nitro benzene ring substituents is 1. The second-order valence-electron chi connectivity index (χ2n) is 3.82. The van der Waals surface area contributed by atoms with Gasteiger partial charge in [0.2, 0.25) is 11.8 Å². The first-order valence-electron chi connectivity index (χ1n) is 5.48. The van der Waals surface area contributed by atoms with Crippen molar-refractivity contribution >= 4 is 17.7 Å². The van der Waals surface area contributed by atoms with Gasteiger partial charge < -0.3 is 9.52 Å². The zero-order chi connectivity index (χ0) is 14.7. The van der Waals surface area contributed by atoms with Gasteiger partial charge in [-0.05, 0) is 13.0 Å². The summed E-state index contributed by atoms with van der Waals surface area (Å²) >= 11 is 0. The van der Waals surface area contributed by atoms with Crippen LogP contribution in [0.1, 0.15) is 11.5 Å². The Morgan fingerprint density at radius 3 is 2.85 bits per heavy atom. The summed E-state index contributed by atoms with van der Waals surface area (Å²) < 4.78 is 5.24. The van der Waals surface area contributed by atoms with Gasteiger partial charge in [-0.15, -0.1) is 10.2 Å². The molecule has 2 aromatic rings. The molecule has 1 heterocycles. The first kappa shape index (κ1) is 13.4. The minimum Gasteiger partial charge on any atom is -0.478 e. The molecule has 0 radical (unpaired) electrons. The Kier molecular flexibility index (Phi) is 3.56. The highest BCUT2D eigenvalue weighted by Gasteiger charge is 2.17. The first-order valence-corrected chi connectivity index (χ1v) is 5.48. The van der Waals surface area contributed by atoms with Crippen LogP contribution in [-0.4, -0.2) is 26.2 Å². The van der Waals surface area contributed by atoms with Crippen molar-refractivity contribution in [2.24, 2.45) is 0 Å². The summed E-state index contributed by atoms with van der Waals surface area (Å²) in [5.41, 5.74) is 0.778. The monoisotopic (exact) mass is 275 g/mol. The van der Waals surface area contributed by atoms with Crippen molar-refractivity contribution in [3.8, 4) is 11.5 Å². The van der Waals surface area contributed by atoms with Crippen molar-refractivity contribution in [1.29, 1.82) is 0 Å². The Labute approximate surface area is 112 Å². The number of nitrogens with zero attached hydrogens (tertiary/aromatic N) is 3. The molecular formula is C12H9N3O5. The quantitative estimate of drug-likeness (QED) is 0.515. The largest absolute Gasteiger partial charge is 0.478 e. The van der Waals surface area contributed by atoms with Crippen molar-refractivity contribution in [3.63, 3.8) is 0 Å². The number of carboxylic acid groups (broad SMARTS) is 1. The number of carbonyl (C=O) groups is 1. The van der Waals surface area contributed by atoms with E-state index in [1.165, 1.54) is 12.1 Å². The number of benzene rings is 1. The number of aliphatic carboxylic acids is 1. The topological polar surface area (TPSA) is 119 Å². The van der Waals surface area contributed by atoms with Gasteiger partial charge in [-0.25, -0.2) is 4.79 Å². The van der Waals surface area contributed by atoms with E-state index in [0.29, 0.717) is 11.1 Å². The molecule has 20 heavy (non-hydrogen) atoms. The van der Waals surface area contributed by atoms with Crippen LogP contribution in [0, 0.1) is 17.0 Å². The van der Waals surface area contributed by atoms with Gasteiger partial charge in [-0.2, -0.15) is 0 Å². The molecular weight excluding hydrogens is 266 g/mol. The zero-order valence-electron chi connectivity index (χ0n) is 10.3. The summed E-state index contributed by atoms with van der Waals surface area (Å²) in [6.45, 7) is 1.57. The number of rotatable bonds is 4. The maximum absolute atomic E-state index is 10.9. The standard InChI is InChI=1S/C12H9N3O5/c1-7-8(3-2-4-9(7)15(18)19)12-14-13-10(20-12)5-6-11(16)17/h2-6H,1H3,(H,16,17)/b6-5+. The molecule has 1 aromatic carbocycles. The molecule has 0 bridgehead atoms. The van der Waals surface area contributed by atoms with E-state index < -0.39 is 10.9 Å². The molecule has 0 aliphatic rings. The fourth-order valence-electron chi connectivity index (χ4n) is 1.61. The summed E-state index contributed by atoms with van der Waals surface area (Å²) in [5, 5.41) is 26.7. The van der Waals surface area contributed by atoms with Crippen LogP contribution in [0.2, 0.25) is 0 Å². The minimum absolute atomic E-state index is 0.00769. The smallest absolute Gasteiger partial charge is 0.328 e. The summed E-state index contributed by atoms with van der Waals surface area (Å²) in [7, 11) is 0. The fourth-order valence-corrected chi connectivity index (χ4v) is 1.61. The lowest BCUT2D eigenvalue weighted by Gasteiger charge is -2.01.